The first-order chi connectivity index (χ1) is 10.1. The third-order valence-corrected chi connectivity index (χ3v) is 3.41. The summed E-state index contributed by atoms with van der Waals surface area (Å²) >= 11 is 0. The predicted octanol–water partition coefficient (Wildman–Crippen LogP) is 3.02. The molecule has 0 aliphatic carbocycles. The van der Waals surface area contributed by atoms with Crippen LogP contribution in [0.4, 0.5) is 0 Å². The third kappa shape index (κ3) is 2.12. The highest BCUT2D eigenvalue weighted by Gasteiger charge is 2.18. The van der Waals surface area contributed by atoms with Crippen molar-refractivity contribution in [2.75, 3.05) is 7.11 Å². The first-order valence-electron chi connectivity index (χ1n) is 6.47. The lowest BCUT2D eigenvalue weighted by atomic mass is 10.2. The van der Waals surface area contributed by atoms with E-state index < -0.39 is 5.97 Å². The van der Waals surface area contributed by atoms with Gasteiger partial charge in [-0.2, -0.15) is 0 Å². The summed E-state index contributed by atoms with van der Waals surface area (Å²) < 4.78 is 6.99. The zero-order valence-electron chi connectivity index (χ0n) is 11.7. The minimum absolute atomic E-state index is 0.0597. The van der Waals surface area contributed by atoms with Crippen molar-refractivity contribution in [2.24, 2.45) is 0 Å². The first kappa shape index (κ1) is 13.2. The number of aryl methyl sites for hydroxylation is 1. The van der Waals surface area contributed by atoms with Crippen LogP contribution in [0, 0.1) is 6.92 Å². The number of fused-ring (bicyclic) bond motifs is 1. The third-order valence-electron chi connectivity index (χ3n) is 3.41. The zero-order valence-corrected chi connectivity index (χ0v) is 11.7. The number of benzene rings is 1. The van der Waals surface area contributed by atoms with Gasteiger partial charge in [-0.05, 0) is 43.3 Å². The van der Waals surface area contributed by atoms with E-state index in [4.69, 9.17) is 4.74 Å². The molecule has 0 saturated carbocycles. The molecule has 0 saturated heterocycles. The molecule has 0 spiro atoms. The van der Waals surface area contributed by atoms with Crippen LogP contribution < -0.4 is 4.74 Å². The van der Waals surface area contributed by atoms with Crippen LogP contribution in [-0.4, -0.2) is 27.6 Å². The number of ether oxygens (including phenoxy) is 1. The fraction of sp³-hybridized carbons (Fsp3) is 0.125. The van der Waals surface area contributed by atoms with Crippen LogP contribution in [0.15, 0.2) is 42.5 Å². The molecule has 1 N–H and O–H groups in total. The number of methoxy groups -OCH3 is 1. The fourth-order valence-electron chi connectivity index (χ4n) is 2.39. The number of carbonyl (C=O) groups is 1. The SMILES string of the molecule is COc1ccc(-c2nc(C(=O)O)c3cccc(C)n23)cc1. The van der Waals surface area contributed by atoms with Gasteiger partial charge in [0.25, 0.3) is 0 Å². The number of aromatic carboxylic acids is 1. The summed E-state index contributed by atoms with van der Waals surface area (Å²) in [7, 11) is 1.60. The minimum atomic E-state index is -1.03. The molecular weight excluding hydrogens is 268 g/mol. The van der Waals surface area contributed by atoms with Crippen LogP contribution in [0.25, 0.3) is 16.9 Å². The molecule has 5 nitrogen and oxygen atoms in total. The summed E-state index contributed by atoms with van der Waals surface area (Å²) in [5, 5.41) is 9.32. The molecule has 3 aromatic rings. The Balaban J connectivity index is 2.28. The van der Waals surface area contributed by atoms with Crippen molar-refractivity contribution in [1.29, 1.82) is 0 Å². The Morgan fingerprint density at radius 3 is 2.52 bits per heavy atom. The second-order valence-corrected chi connectivity index (χ2v) is 4.71. The average Bonchev–Trinajstić information content (AvgIpc) is 2.88. The molecular formula is C16H14N2O3. The number of nitrogens with zero attached hydrogens (tertiary/aromatic N) is 2. The summed E-state index contributed by atoms with van der Waals surface area (Å²) in [6.07, 6.45) is 0. The van der Waals surface area contributed by atoms with Crippen molar-refractivity contribution < 1.29 is 14.6 Å². The summed E-state index contributed by atoms with van der Waals surface area (Å²) in [5.74, 6) is 0.329. The Labute approximate surface area is 121 Å². The Morgan fingerprint density at radius 2 is 1.90 bits per heavy atom. The van der Waals surface area contributed by atoms with Gasteiger partial charge in [0, 0.05) is 11.3 Å². The number of carboxylic acid groups (broad SMARTS) is 1. The van der Waals surface area contributed by atoms with E-state index in [1.807, 2.05) is 47.7 Å². The highest BCUT2D eigenvalue weighted by atomic mass is 16.5. The van der Waals surface area contributed by atoms with Crippen molar-refractivity contribution in [3.8, 4) is 17.1 Å². The van der Waals surface area contributed by atoms with E-state index in [-0.39, 0.29) is 5.69 Å². The Bertz CT molecular complexity index is 819. The monoisotopic (exact) mass is 282 g/mol. The van der Waals surface area contributed by atoms with E-state index in [9.17, 15) is 9.90 Å². The van der Waals surface area contributed by atoms with Gasteiger partial charge in [-0.25, -0.2) is 9.78 Å². The molecule has 0 radical (unpaired) electrons. The highest BCUT2D eigenvalue weighted by molar-refractivity contribution is 5.95. The van der Waals surface area contributed by atoms with Crippen LogP contribution in [0.1, 0.15) is 16.2 Å². The van der Waals surface area contributed by atoms with Gasteiger partial charge in [0.05, 0.1) is 12.6 Å². The number of aromatic nitrogens is 2. The normalized spacial score (nSPS) is 10.8. The molecule has 0 amide bonds. The summed E-state index contributed by atoms with van der Waals surface area (Å²) in [5.41, 5.74) is 2.42. The van der Waals surface area contributed by atoms with E-state index in [0.29, 0.717) is 11.3 Å². The molecule has 0 fully saturated rings. The van der Waals surface area contributed by atoms with Crippen LogP contribution >= 0.6 is 0 Å². The molecule has 0 atom stereocenters. The highest BCUT2D eigenvalue weighted by Crippen LogP contribution is 2.26. The van der Waals surface area contributed by atoms with E-state index >= 15 is 0 Å². The molecule has 0 aliphatic rings. The smallest absolute Gasteiger partial charge is 0.356 e. The standard InChI is InChI=1S/C16H14N2O3/c1-10-4-3-5-13-14(16(19)20)17-15(18(10)13)11-6-8-12(21-2)9-7-11/h3-9H,1-2H3,(H,19,20). The van der Waals surface area contributed by atoms with Gasteiger partial charge >= 0.3 is 5.97 Å². The number of carboxylic acids is 1. The molecule has 2 aromatic heterocycles. The Hall–Kier alpha value is -2.82. The molecule has 1 aromatic carbocycles. The fourth-order valence-corrected chi connectivity index (χ4v) is 2.39. The summed E-state index contributed by atoms with van der Waals surface area (Å²) in [6.45, 7) is 1.92. The molecule has 106 valence electrons. The van der Waals surface area contributed by atoms with Gasteiger partial charge in [0.1, 0.15) is 11.6 Å². The lowest BCUT2D eigenvalue weighted by Gasteiger charge is -2.06. The molecule has 0 bridgehead atoms. The van der Waals surface area contributed by atoms with Crippen LogP contribution in [0.2, 0.25) is 0 Å². The Morgan fingerprint density at radius 1 is 1.19 bits per heavy atom. The van der Waals surface area contributed by atoms with Gasteiger partial charge in [0.2, 0.25) is 0 Å². The Kier molecular flexibility index (Phi) is 3.10. The van der Waals surface area contributed by atoms with Gasteiger partial charge in [-0.15, -0.1) is 0 Å². The quantitative estimate of drug-likeness (QED) is 0.802. The van der Waals surface area contributed by atoms with E-state index in [2.05, 4.69) is 4.98 Å². The summed E-state index contributed by atoms with van der Waals surface area (Å²) in [4.78, 5) is 15.7. The maximum absolute atomic E-state index is 11.4. The lowest BCUT2D eigenvalue weighted by molar-refractivity contribution is 0.0693. The van der Waals surface area contributed by atoms with Gasteiger partial charge in [-0.1, -0.05) is 6.07 Å². The van der Waals surface area contributed by atoms with E-state index in [1.165, 1.54) is 0 Å². The van der Waals surface area contributed by atoms with Crippen molar-refractivity contribution >= 4 is 11.5 Å². The van der Waals surface area contributed by atoms with E-state index in [1.54, 1.807) is 13.2 Å². The molecule has 0 unspecified atom stereocenters. The number of pyridine rings is 1. The van der Waals surface area contributed by atoms with Crippen molar-refractivity contribution in [3.63, 3.8) is 0 Å². The van der Waals surface area contributed by atoms with Crippen molar-refractivity contribution in [2.45, 2.75) is 6.92 Å². The molecule has 2 heterocycles. The second kappa shape index (κ2) is 4.94. The molecule has 0 aliphatic heterocycles. The lowest BCUT2D eigenvalue weighted by Crippen LogP contribution is -1.97. The maximum Gasteiger partial charge on any atom is 0.356 e. The molecule has 3 rings (SSSR count). The van der Waals surface area contributed by atoms with Crippen LogP contribution in [-0.2, 0) is 0 Å². The van der Waals surface area contributed by atoms with Gasteiger partial charge < -0.3 is 9.84 Å². The van der Waals surface area contributed by atoms with Crippen LogP contribution in [0.5, 0.6) is 5.75 Å². The number of hydrogen-bond donors (Lipinski definition) is 1. The number of imidazole rings is 1. The van der Waals surface area contributed by atoms with Crippen molar-refractivity contribution in [3.05, 3.63) is 53.9 Å². The van der Waals surface area contributed by atoms with Crippen molar-refractivity contribution in [1.82, 2.24) is 9.38 Å². The van der Waals surface area contributed by atoms with Gasteiger partial charge in [-0.3, -0.25) is 4.40 Å². The van der Waals surface area contributed by atoms with E-state index in [0.717, 1.165) is 17.0 Å². The minimum Gasteiger partial charge on any atom is -0.497 e. The predicted molar refractivity (Wildman–Crippen MR) is 78.9 cm³/mol. The number of rotatable bonds is 3. The largest absolute Gasteiger partial charge is 0.497 e. The maximum atomic E-state index is 11.4. The van der Waals surface area contributed by atoms with Gasteiger partial charge in [0.15, 0.2) is 5.69 Å². The zero-order chi connectivity index (χ0) is 15.0. The first-order valence-corrected chi connectivity index (χ1v) is 6.47. The van der Waals surface area contributed by atoms with Crippen LogP contribution in [0.3, 0.4) is 0 Å². The molecule has 5 heteroatoms. The second-order valence-electron chi connectivity index (χ2n) is 4.71. The average molecular weight is 282 g/mol. The topological polar surface area (TPSA) is 63.8 Å². The molecule has 21 heavy (non-hydrogen) atoms. The summed E-state index contributed by atoms with van der Waals surface area (Å²) in [6, 6.07) is 12.9. The number of hydrogen-bond acceptors (Lipinski definition) is 3.